The van der Waals surface area contributed by atoms with Gasteiger partial charge < -0.3 is 10.2 Å². The van der Waals surface area contributed by atoms with E-state index in [0.29, 0.717) is 16.1 Å². The fourth-order valence-electron chi connectivity index (χ4n) is 7.01. The number of nitrogens with one attached hydrogen (secondary N) is 1. The highest BCUT2D eigenvalue weighted by Gasteiger charge is 2.70. The molecule has 1 fully saturated rings. The lowest BCUT2D eigenvalue weighted by atomic mass is 9.64. The van der Waals surface area contributed by atoms with Gasteiger partial charge in [0.25, 0.3) is 0 Å². The Hall–Kier alpha value is -4.29. The number of aryl methyl sites for hydroxylation is 2. The summed E-state index contributed by atoms with van der Waals surface area (Å²) in [6, 6.07) is 23.5. The number of Topliss-reactive ketones (excluding diaryl/α,β-unsaturated/α-hetero) is 2. The molecule has 0 saturated carbocycles. The number of benzene rings is 3. The van der Waals surface area contributed by atoms with Gasteiger partial charge in [0.1, 0.15) is 11.5 Å². The lowest BCUT2D eigenvalue weighted by Crippen LogP contribution is -2.51. The number of anilines is 2. The average molecular weight is 545 g/mol. The van der Waals surface area contributed by atoms with Crippen molar-refractivity contribution in [1.29, 1.82) is 0 Å². The van der Waals surface area contributed by atoms with Gasteiger partial charge in [-0.1, -0.05) is 71.8 Å². The first-order chi connectivity index (χ1) is 19.3. The van der Waals surface area contributed by atoms with Crippen LogP contribution < -0.4 is 10.2 Å². The molecule has 40 heavy (non-hydrogen) atoms. The number of para-hydroxylation sites is 1. The summed E-state index contributed by atoms with van der Waals surface area (Å²) in [6.07, 6.45) is 2.10. The van der Waals surface area contributed by atoms with Crippen LogP contribution >= 0.6 is 11.3 Å². The molecule has 5 nitrogen and oxygen atoms in total. The Morgan fingerprint density at radius 1 is 0.875 bits per heavy atom. The molecular weight excluding hydrogens is 516 g/mol. The Bertz CT molecular complexity index is 1740. The van der Waals surface area contributed by atoms with Crippen LogP contribution in [0.25, 0.3) is 5.57 Å². The number of carbonyl (C=O) groups is 3. The summed E-state index contributed by atoms with van der Waals surface area (Å²) < 4.78 is 0. The Morgan fingerprint density at radius 3 is 2.38 bits per heavy atom. The molecule has 7 rings (SSSR count). The maximum absolute atomic E-state index is 14.8. The first kappa shape index (κ1) is 24.7. The summed E-state index contributed by atoms with van der Waals surface area (Å²) in [6.45, 7) is 6.07. The summed E-state index contributed by atoms with van der Waals surface area (Å²) in [5.74, 6) is -1.53. The molecule has 1 saturated heterocycles. The zero-order valence-electron chi connectivity index (χ0n) is 22.5. The molecule has 0 aliphatic carbocycles. The van der Waals surface area contributed by atoms with Crippen LogP contribution in [0.2, 0.25) is 0 Å². The number of fused-ring (bicyclic) bond motifs is 6. The van der Waals surface area contributed by atoms with Crippen molar-refractivity contribution >= 4 is 45.8 Å². The van der Waals surface area contributed by atoms with Gasteiger partial charge in [0, 0.05) is 22.5 Å². The lowest BCUT2D eigenvalue weighted by Gasteiger charge is -2.39. The highest BCUT2D eigenvalue weighted by atomic mass is 32.1. The van der Waals surface area contributed by atoms with Crippen molar-refractivity contribution in [2.45, 2.75) is 38.3 Å². The molecule has 1 amide bonds. The molecule has 3 aliphatic rings. The third kappa shape index (κ3) is 3.29. The second-order valence-electron chi connectivity index (χ2n) is 11.1. The molecule has 4 aromatic rings. The SMILES string of the molecule is CC1=C[C@H]2N(c3ccc(C)cc31)[C@H](C(=O)c1cccs1)[C@@H](C(=O)c1ccc(C)cc1)[C@]21C(=O)Nc2ccccc21. The summed E-state index contributed by atoms with van der Waals surface area (Å²) >= 11 is 1.37. The number of thiophene rings is 1. The highest BCUT2D eigenvalue weighted by Crippen LogP contribution is 2.59. The number of hydrogen-bond acceptors (Lipinski definition) is 5. The van der Waals surface area contributed by atoms with Crippen LogP contribution in [-0.2, 0) is 10.2 Å². The van der Waals surface area contributed by atoms with Crippen molar-refractivity contribution in [2.24, 2.45) is 5.92 Å². The zero-order valence-corrected chi connectivity index (χ0v) is 23.3. The van der Waals surface area contributed by atoms with Crippen LogP contribution in [0.5, 0.6) is 0 Å². The van der Waals surface area contributed by atoms with Crippen LogP contribution in [0.15, 0.2) is 90.3 Å². The van der Waals surface area contributed by atoms with E-state index in [1.54, 1.807) is 0 Å². The van der Waals surface area contributed by atoms with Gasteiger partial charge in [0.05, 0.1) is 16.8 Å². The topological polar surface area (TPSA) is 66.5 Å². The van der Waals surface area contributed by atoms with E-state index in [1.165, 1.54) is 11.3 Å². The Kier molecular flexibility index (Phi) is 5.48. The van der Waals surface area contributed by atoms with Crippen molar-refractivity contribution in [2.75, 3.05) is 10.2 Å². The summed E-state index contributed by atoms with van der Waals surface area (Å²) in [5, 5.41) is 4.97. The fraction of sp³-hybridized carbons (Fsp3) is 0.206. The second kappa shape index (κ2) is 8.86. The quantitative estimate of drug-likeness (QED) is 0.294. The maximum Gasteiger partial charge on any atom is 0.238 e. The van der Waals surface area contributed by atoms with Crippen molar-refractivity contribution in [1.82, 2.24) is 0 Å². The minimum atomic E-state index is -1.29. The molecule has 1 N–H and O–H groups in total. The first-order valence-corrected chi connectivity index (χ1v) is 14.4. The standard InChI is InChI=1S/C34H28N2O3S/c1-19-10-13-22(14-11-19)31(37)29-30(32(38)27-9-6-16-40-27)36-26-15-12-20(2)17-23(26)21(3)18-28(36)34(29)24-7-4-5-8-25(24)35-33(34)39/h4-18,28-30H,1-3H3,(H,35,39)/t28-,29+,30+,34-/m1/s1. The number of amides is 1. The molecule has 3 aromatic carbocycles. The van der Waals surface area contributed by atoms with Crippen molar-refractivity contribution < 1.29 is 14.4 Å². The molecule has 6 heteroatoms. The number of carbonyl (C=O) groups excluding carboxylic acids is 3. The van der Waals surface area contributed by atoms with Crippen LogP contribution in [0, 0.1) is 19.8 Å². The highest BCUT2D eigenvalue weighted by molar-refractivity contribution is 7.12. The molecule has 1 spiro atoms. The smallest absolute Gasteiger partial charge is 0.238 e. The largest absolute Gasteiger partial charge is 0.352 e. The van der Waals surface area contributed by atoms with Crippen LogP contribution in [0.3, 0.4) is 0 Å². The minimum absolute atomic E-state index is 0.140. The van der Waals surface area contributed by atoms with Gasteiger partial charge in [-0.2, -0.15) is 0 Å². The van der Waals surface area contributed by atoms with Gasteiger partial charge in [0.2, 0.25) is 5.91 Å². The molecule has 4 atom stereocenters. The van der Waals surface area contributed by atoms with E-state index in [1.807, 2.05) is 98.9 Å². The van der Waals surface area contributed by atoms with E-state index in [4.69, 9.17) is 0 Å². The molecular formula is C34H28N2O3S. The Morgan fingerprint density at radius 2 is 1.62 bits per heavy atom. The molecule has 0 bridgehead atoms. The molecule has 1 aromatic heterocycles. The summed E-state index contributed by atoms with van der Waals surface area (Å²) in [7, 11) is 0. The van der Waals surface area contributed by atoms with Gasteiger partial charge in [-0.25, -0.2) is 0 Å². The molecule has 3 aliphatic heterocycles. The number of allylic oxidation sites excluding steroid dienone is 1. The molecule has 0 unspecified atom stereocenters. The van der Waals surface area contributed by atoms with Crippen LogP contribution in [-0.4, -0.2) is 29.6 Å². The molecule has 198 valence electrons. The zero-order chi connectivity index (χ0) is 27.8. The predicted molar refractivity (Wildman–Crippen MR) is 159 cm³/mol. The number of hydrogen-bond donors (Lipinski definition) is 1. The summed E-state index contributed by atoms with van der Waals surface area (Å²) in [4.78, 5) is 46.4. The Labute approximate surface area is 237 Å². The van der Waals surface area contributed by atoms with Gasteiger partial charge in [0.15, 0.2) is 11.6 Å². The van der Waals surface area contributed by atoms with E-state index >= 15 is 0 Å². The number of nitrogens with zero attached hydrogens (tertiary/aromatic N) is 1. The summed E-state index contributed by atoms with van der Waals surface area (Å²) in [5.41, 5.74) is 5.74. The lowest BCUT2D eigenvalue weighted by molar-refractivity contribution is -0.121. The maximum atomic E-state index is 14.8. The third-order valence-corrected chi connectivity index (χ3v) is 9.67. The van der Waals surface area contributed by atoms with Gasteiger partial charge in [-0.3, -0.25) is 14.4 Å². The van der Waals surface area contributed by atoms with Crippen molar-refractivity contribution in [3.05, 3.63) is 123 Å². The monoisotopic (exact) mass is 544 g/mol. The van der Waals surface area contributed by atoms with Gasteiger partial charge in [-0.15, -0.1) is 11.3 Å². The third-order valence-electron chi connectivity index (χ3n) is 8.78. The Balaban J connectivity index is 1.56. The van der Waals surface area contributed by atoms with Gasteiger partial charge in [-0.05, 0) is 61.6 Å². The molecule has 4 heterocycles. The normalized spacial score (nSPS) is 24.3. The van der Waals surface area contributed by atoms with Crippen molar-refractivity contribution in [3.63, 3.8) is 0 Å². The van der Waals surface area contributed by atoms with Gasteiger partial charge >= 0.3 is 0 Å². The average Bonchev–Trinajstić information content (AvgIpc) is 3.66. The van der Waals surface area contributed by atoms with E-state index in [-0.39, 0.29) is 17.5 Å². The second-order valence-corrected chi connectivity index (χ2v) is 12.0. The van der Waals surface area contributed by atoms with E-state index in [0.717, 1.165) is 33.5 Å². The van der Waals surface area contributed by atoms with E-state index in [2.05, 4.69) is 22.4 Å². The predicted octanol–water partition coefficient (Wildman–Crippen LogP) is 6.61. The number of rotatable bonds is 4. The molecule has 0 radical (unpaired) electrons. The van der Waals surface area contributed by atoms with E-state index < -0.39 is 23.4 Å². The number of ketones is 2. The van der Waals surface area contributed by atoms with Crippen LogP contribution in [0.4, 0.5) is 11.4 Å². The van der Waals surface area contributed by atoms with Crippen LogP contribution in [0.1, 0.15) is 49.2 Å². The van der Waals surface area contributed by atoms with Crippen molar-refractivity contribution in [3.8, 4) is 0 Å². The first-order valence-electron chi connectivity index (χ1n) is 13.5. The minimum Gasteiger partial charge on any atom is -0.352 e. The fourth-order valence-corrected chi connectivity index (χ4v) is 7.71. The van der Waals surface area contributed by atoms with E-state index in [9.17, 15) is 14.4 Å².